The standard InChI is InChI=1S/C24H28ClNO3S/c25-20-12-14-22(15-13-20)30-17-18-8-10-19(11-9-18)24(28)29-16-23(27)26-21-6-4-2-1-3-5-7-21/h8-15,21H,1-7,16-17H2,(H,26,27). The first-order valence-electron chi connectivity index (χ1n) is 10.5. The first-order valence-corrected chi connectivity index (χ1v) is 11.9. The lowest BCUT2D eigenvalue weighted by atomic mass is 9.97. The fourth-order valence-electron chi connectivity index (χ4n) is 3.52. The molecule has 0 saturated heterocycles. The molecule has 1 N–H and O–H groups in total. The fraction of sp³-hybridized carbons (Fsp3) is 0.417. The molecule has 0 aliphatic heterocycles. The van der Waals surface area contributed by atoms with Gasteiger partial charge in [0.1, 0.15) is 0 Å². The minimum atomic E-state index is -0.472. The highest BCUT2D eigenvalue weighted by Gasteiger charge is 2.16. The highest BCUT2D eigenvalue weighted by molar-refractivity contribution is 7.98. The van der Waals surface area contributed by atoms with Gasteiger partial charge in [-0.2, -0.15) is 0 Å². The molecule has 1 amide bonds. The number of halogens is 1. The maximum atomic E-state index is 12.2. The van der Waals surface area contributed by atoms with Gasteiger partial charge in [0.2, 0.25) is 0 Å². The van der Waals surface area contributed by atoms with Gasteiger partial charge in [-0.1, -0.05) is 55.8 Å². The molecule has 0 spiro atoms. The van der Waals surface area contributed by atoms with Crippen molar-refractivity contribution < 1.29 is 14.3 Å². The highest BCUT2D eigenvalue weighted by atomic mass is 35.5. The third-order valence-corrected chi connectivity index (χ3v) is 6.55. The molecule has 0 unspecified atom stereocenters. The quantitative estimate of drug-likeness (QED) is 0.418. The predicted octanol–water partition coefficient (Wildman–Crippen LogP) is 6.02. The van der Waals surface area contributed by atoms with Gasteiger partial charge in [0.25, 0.3) is 5.91 Å². The van der Waals surface area contributed by atoms with Crippen LogP contribution >= 0.6 is 23.4 Å². The topological polar surface area (TPSA) is 55.4 Å². The second-order valence-corrected chi connectivity index (χ2v) is 9.11. The average molecular weight is 446 g/mol. The van der Waals surface area contributed by atoms with Crippen LogP contribution in [0.25, 0.3) is 0 Å². The van der Waals surface area contributed by atoms with E-state index in [4.69, 9.17) is 16.3 Å². The molecule has 3 rings (SSSR count). The summed E-state index contributed by atoms with van der Waals surface area (Å²) < 4.78 is 5.20. The number of amides is 1. The number of thioether (sulfide) groups is 1. The van der Waals surface area contributed by atoms with E-state index in [0.29, 0.717) is 5.56 Å². The van der Waals surface area contributed by atoms with Gasteiger partial charge in [0.15, 0.2) is 6.61 Å². The summed E-state index contributed by atoms with van der Waals surface area (Å²) in [6.07, 6.45) is 8.06. The van der Waals surface area contributed by atoms with Crippen LogP contribution in [-0.4, -0.2) is 24.5 Å². The van der Waals surface area contributed by atoms with Crippen LogP contribution in [0.5, 0.6) is 0 Å². The lowest BCUT2D eigenvalue weighted by molar-refractivity contribution is -0.125. The number of carbonyl (C=O) groups is 2. The minimum Gasteiger partial charge on any atom is -0.452 e. The largest absolute Gasteiger partial charge is 0.452 e. The Balaban J connectivity index is 1.41. The van der Waals surface area contributed by atoms with E-state index in [9.17, 15) is 9.59 Å². The normalized spacial score (nSPS) is 15.1. The number of hydrogen-bond donors (Lipinski definition) is 1. The number of nitrogens with one attached hydrogen (secondary N) is 1. The molecule has 160 valence electrons. The molecule has 4 nitrogen and oxygen atoms in total. The second-order valence-electron chi connectivity index (χ2n) is 7.63. The first kappa shape index (κ1) is 22.7. The zero-order chi connectivity index (χ0) is 21.2. The fourth-order valence-corrected chi connectivity index (χ4v) is 4.50. The van der Waals surface area contributed by atoms with E-state index in [1.165, 1.54) is 19.3 Å². The Kier molecular flexibility index (Phi) is 9.09. The van der Waals surface area contributed by atoms with Crippen molar-refractivity contribution in [3.05, 3.63) is 64.7 Å². The molecule has 30 heavy (non-hydrogen) atoms. The molecule has 6 heteroatoms. The molecule has 0 radical (unpaired) electrons. The molecule has 2 aromatic rings. The Morgan fingerprint density at radius 1 is 0.933 bits per heavy atom. The van der Waals surface area contributed by atoms with E-state index in [1.54, 1.807) is 23.9 Å². The SMILES string of the molecule is O=C(COC(=O)c1ccc(CSc2ccc(Cl)cc2)cc1)NC1CCCCCCC1. The van der Waals surface area contributed by atoms with Crippen molar-refractivity contribution in [1.82, 2.24) is 5.32 Å². The molecule has 0 aromatic heterocycles. The number of carbonyl (C=O) groups excluding carboxylic acids is 2. The maximum Gasteiger partial charge on any atom is 0.338 e. The van der Waals surface area contributed by atoms with Crippen molar-refractivity contribution in [1.29, 1.82) is 0 Å². The van der Waals surface area contributed by atoms with Crippen molar-refractivity contribution in [2.75, 3.05) is 6.61 Å². The summed E-state index contributed by atoms with van der Waals surface area (Å²) >= 11 is 7.61. The van der Waals surface area contributed by atoms with Crippen LogP contribution in [0.4, 0.5) is 0 Å². The van der Waals surface area contributed by atoms with Gasteiger partial charge in [-0.15, -0.1) is 11.8 Å². The lowest BCUT2D eigenvalue weighted by Crippen LogP contribution is -2.38. The maximum absolute atomic E-state index is 12.2. The summed E-state index contributed by atoms with van der Waals surface area (Å²) in [5, 5.41) is 3.73. The second kappa shape index (κ2) is 12.0. The zero-order valence-electron chi connectivity index (χ0n) is 17.1. The van der Waals surface area contributed by atoms with E-state index in [0.717, 1.165) is 46.9 Å². The Bertz CT molecular complexity index is 815. The molecule has 1 aliphatic rings. The molecule has 0 atom stereocenters. The Labute approximate surface area is 187 Å². The van der Waals surface area contributed by atoms with E-state index < -0.39 is 5.97 Å². The molecule has 0 heterocycles. The molecule has 1 aliphatic carbocycles. The van der Waals surface area contributed by atoms with E-state index in [2.05, 4.69) is 5.32 Å². The average Bonchev–Trinajstić information content (AvgIpc) is 2.74. The van der Waals surface area contributed by atoms with Crippen molar-refractivity contribution >= 4 is 35.2 Å². The number of hydrogen-bond acceptors (Lipinski definition) is 4. The monoisotopic (exact) mass is 445 g/mol. The molecular weight excluding hydrogens is 418 g/mol. The summed E-state index contributed by atoms with van der Waals surface area (Å²) in [7, 11) is 0. The van der Waals surface area contributed by atoms with Gasteiger partial charge < -0.3 is 10.1 Å². The number of ether oxygens (including phenoxy) is 1. The van der Waals surface area contributed by atoms with Crippen LogP contribution in [0.3, 0.4) is 0 Å². The first-order chi connectivity index (χ1) is 14.6. The van der Waals surface area contributed by atoms with Crippen LogP contribution in [-0.2, 0) is 15.3 Å². The van der Waals surface area contributed by atoms with Crippen LogP contribution in [0, 0.1) is 0 Å². The van der Waals surface area contributed by atoms with Gasteiger partial charge in [-0.25, -0.2) is 4.79 Å². The van der Waals surface area contributed by atoms with Gasteiger partial charge in [-0.05, 0) is 54.8 Å². The smallest absolute Gasteiger partial charge is 0.338 e. The van der Waals surface area contributed by atoms with Crippen LogP contribution in [0.2, 0.25) is 5.02 Å². The van der Waals surface area contributed by atoms with Crippen LogP contribution < -0.4 is 5.32 Å². The summed E-state index contributed by atoms with van der Waals surface area (Å²) in [5.74, 6) is 0.102. The highest BCUT2D eigenvalue weighted by Crippen LogP contribution is 2.24. The Hall–Kier alpha value is -1.98. The third-order valence-electron chi connectivity index (χ3n) is 5.21. The zero-order valence-corrected chi connectivity index (χ0v) is 18.6. The summed E-state index contributed by atoms with van der Waals surface area (Å²) in [5.41, 5.74) is 1.56. The van der Waals surface area contributed by atoms with Crippen molar-refractivity contribution in [2.24, 2.45) is 0 Å². The van der Waals surface area contributed by atoms with Gasteiger partial charge in [-0.3, -0.25) is 4.79 Å². The Morgan fingerprint density at radius 3 is 2.23 bits per heavy atom. The summed E-state index contributed by atoms with van der Waals surface area (Å²) in [4.78, 5) is 25.5. The molecule has 1 saturated carbocycles. The third kappa shape index (κ3) is 7.69. The summed E-state index contributed by atoms with van der Waals surface area (Å²) in [6, 6.07) is 15.2. The van der Waals surface area contributed by atoms with E-state index in [-0.39, 0.29) is 18.6 Å². The number of esters is 1. The van der Waals surface area contributed by atoms with E-state index >= 15 is 0 Å². The summed E-state index contributed by atoms with van der Waals surface area (Å²) in [6.45, 7) is -0.233. The van der Waals surface area contributed by atoms with Crippen molar-refractivity contribution in [3.8, 4) is 0 Å². The molecule has 1 fully saturated rings. The van der Waals surface area contributed by atoms with Gasteiger partial charge in [0.05, 0.1) is 5.56 Å². The van der Waals surface area contributed by atoms with Crippen molar-refractivity contribution in [3.63, 3.8) is 0 Å². The van der Waals surface area contributed by atoms with Crippen LogP contribution in [0.15, 0.2) is 53.4 Å². The van der Waals surface area contributed by atoms with E-state index in [1.807, 2.05) is 36.4 Å². The molecule has 2 aromatic carbocycles. The van der Waals surface area contributed by atoms with Gasteiger partial charge >= 0.3 is 5.97 Å². The van der Waals surface area contributed by atoms with Gasteiger partial charge in [0, 0.05) is 21.7 Å². The minimum absolute atomic E-state index is 0.203. The lowest BCUT2D eigenvalue weighted by Gasteiger charge is -2.20. The van der Waals surface area contributed by atoms with Crippen molar-refractivity contribution in [2.45, 2.75) is 61.6 Å². The Morgan fingerprint density at radius 2 is 1.57 bits per heavy atom. The number of benzene rings is 2. The molecule has 0 bridgehead atoms. The molecular formula is C24H28ClNO3S. The number of rotatable bonds is 7. The van der Waals surface area contributed by atoms with Crippen LogP contribution in [0.1, 0.15) is 60.9 Å². The predicted molar refractivity (Wildman–Crippen MR) is 122 cm³/mol.